The topological polar surface area (TPSA) is 39.5 Å². The van der Waals surface area contributed by atoms with E-state index in [9.17, 15) is 4.39 Å². The maximum atomic E-state index is 14.9. The number of aromatic nitrogens is 2. The van der Waals surface area contributed by atoms with Crippen LogP contribution in [0.2, 0.25) is 0 Å². The van der Waals surface area contributed by atoms with Crippen LogP contribution < -0.4 is 4.74 Å². The van der Waals surface area contributed by atoms with Crippen molar-refractivity contribution in [1.82, 2.24) is 14.7 Å². The second-order valence-electron chi connectivity index (χ2n) is 7.35. The Morgan fingerprint density at radius 2 is 1.97 bits per heavy atom. The molecule has 5 nitrogen and oxygen atoms in total. The van der Waals surface area contributed by atoms with Crippen molar-refractivity contribution in [3.05, 3.63) is 66.1 Å². The fourth-order valence-corrected chi connectivity index (χ4v) is 3.98. The lowest BCUT2D eigenvalue weighted by atomic mass is 10.1. The maximum Gasteiger partial charge on any atom is 0.136 e. The van der Waals surface area contributed by atoms with Crippen molar-refractivity contribution in [3.8, 4) is 22.7 Å². The molecule has 1 aliphatic heterocycles. The molecule has 0 radical (unpaired) electrons. The predicted octanol–water partition coefficient (Wildman–Crippen LogP) is 4.30. The van der Waals surface area contributed by atoms with E-state index in [0.29, 0.717) is 36.2 Å². The number of nitrogens with zero attached hydrogens (tertiary/aromatic N) is 3. The van der Waals surface area contributed by atoms with Crippen LogP contribution in [0.15, 0.2) is 54.7 Å². The molecule has 0 unspecified atom stereocenters. The molecule has 29 heavy (non-hydrogen) atoms. The van der Waals surface area contributed by atoms with Crippen LogP contribution in [0.1, 0.15) is 18.4 Å². The first kappa shape index (κ1) is 19.6. The van der Waals surface area contributed by atoms with E-state index in [1.165, 1.54) is 13.2 Å². The molecule has 1 aromatic heterocycles. The Morgan fingerprint density at radius 3 is 2.69 bits per heavy atom. The van der Waals surface area contributed by atoms with Gasteiger partial charge >= 0.3 is 0 Å². The minimum atomic E-state index is -0.334. The average molecular weight is 395 g/mol. The van der Waals surface area contributed by atoms with Gasteiger partial charge in [0.25, 0.3) is 0 Å². The molecule has 152 valence electrons. The van der Waals surface area contributed by atoms with Crippen molar-refractivity contribution in [1.29, 1.82) is 0 Å². The van der Waals surface area contributed by atoms with Crippen LogP contribution in [0, 0.1) is 5.82 Å². The van der Waals surface area contributed by atoms with Crippen LogP contribution in [-0.2, 0) is 11.3 Å². The van der Waals surface area contributed by atoms with E-state index in [1.807, 2.05) is 41.2 Å². The van der Waals surface area contributed by atoms with E-state index in [0.717, 1.165) is 30.6 Å². The summed E-state index contributed by atoms with van der Waals surface area (Å²) in [7, 11) is 3.27. The van der Waals surface area contributed by atoms with Crippen LogP contribution in [0.4, 0.5) is 4.39 Å². The number of benzene rings is 2. The SMILES string of the molecule is COC[C@@H]1CCCN1Cc1cn(-c2ccccc2)nc1-c1ccc(OC)cc1F. The molecule has 3 aromatic rings. The molecule has 0 amide bonds. The molecule has 0 N–H and O–H groups in total. The summed E-state index contributed by atoms with van der Waals surface area (Å²) in [6.45, 7) is 2.43. The number of halogens is 1. The molecule has 6 heteroatoms. The van der Waals surface area contributed by atoms with Gasteiger partial charge in [-0.05, 0) is 43.7 Å². The Hall–Kier alpha value is -2.70. The Kier molecular flexibility index (Phi) is 5.92. The largest absolute Gasteiger partial charge is 0.497 e. The van der Waals surface area contributed by atoms with Gasteiger partial charge in [-0.2, -0.15) is 5.10 Å². The normalized spacial score (nSPS) is 17.0. The van der Waals surface area contributed by atoms with E-state index in [2.05, 4.69) is 4.90 Å². The Morgan fingerprint density at radius 1 is 1.14 bits per heavy atom. The third kappa shape index (κ3) is 4.18. The summed E-state index contributed by atoms with van der Waals surface area (Å²) in [5.74, 6) is 0.161. The van der Waals surface area contributed by atoms with Gasteiger partial charge in [-0.25, -0.2) is 9.07 Å². The molecule has 1 atom stereocenters. The average Bonchev–Trinajstić information content (AvgIpc) is 3.36. The van der Waals surface area contributed by atoms with E-state index in [1.54, 1.807) is 19.2 Å². The monoisotopic (exact) mass is 395 g/mol. The standard InChI is InChI=1S/C23H26FN3O2/c1-28-16-19-9-6-12-26(19)14-17-15-27(18-7-4-3-5-8-18)25-23(17)21-11-10-20(29-2)13-22(21)24/h3-5,7-8,10-11,13,15,19H,6,9,12,14,16H2,1-2H3/t19-/m0/s1. The predicted molar refractivity (Wildman–Crippen MR) is 111 cm³/mol. The second-order valence-corrected chi connectivity index (χ2v) is 7.35. The summed E-state index contributed by atoms with van der Waals surface area (Å²) in [5, 5.41) is 4.76. The molecule has 0 spiro atoms. The Labute approximate surface area is 170 Å². The third-order valence-corrected chi connectivity index (χ3v) is 5.47. The first-order valence-corrected chi connectivity index (χ1v) is 9.90. The smallest absolute Gasteiger partial charge is 0.136 e. The molecular formula is C23H26FN3O2. The number of methoxy groups -OCH3 is 2. The van der Waals surface area contributed by atoms with Crippen LogP contribution in [0.25, 0.3) is 16.9 Å². The van der Waals surface area contributed by atoms with E-state index < -0.39 is 0 Å². The van der Waals surface area contributed by atoms with Crippen LogP contribution in [-0.4, -0.2) is 48.1 Å². The summed E-state index contributed by atoms with van der Waals surface area (Å²) >= 11 is 0. The lowest BCUT2D eigenvalue weighted by molar-refractivity contribution is 0.112. The van der Waals surface area contributed by atoms with Crippen molar-refractivity contribution >= 4 is 0 Å². The second kappa shape index (κ2) is 8.76. The van der Waals surface area contributed by atoms with Crippen LogP contribution in [0.5, 0.6) is 5.75 Å². The van der Waals surface area contributed by atoms with Gasteiger partial charge in [-0.3, -0.25) is 4.90 Å². The fourth-order valence-electron chi connectivity index (χ4n) is 3.98. The molecule has 0 bridgehead atoms. The van der Waals surface area contributed by atoms with Gasteiger partial charge in [0, 0.05) is 43.1 Å². The van der Waals surface area contributed by atoms with E-state index >= 15 is 0 Å². The Balaban J connectivity index is 1.73. The molecular weight excluding hydrogens is 369 g/mol. The van der Waals surface area contributed by atoms with Crippen molar-refractivity contribution in [3.63, 3.8) is 0 Å². The fraction of sp³-hybridized carbons (Fsp3) is 0.348. The summed E-state index contributed by atoms with van der Waals surface area (Å²) in [4.78, 5) is 2.40. The van der Waals surface area contributed by atoms with Crippen molar-refractivity contribution in [2.75, 3.05) is 27.4 Å². The van der Waals surface area contributed by atoms with E-state index in [-0.39, 0.29) is 5.82 Å². The molecule has 2 heterocycles. The highest BCUT2D eigenvalue weighted by molar-refractivity contribution is 5.65. The highest BCUT2D eigenvalue weighted by Crippen LogP contribution is 2.31. The quantitative estimate of drug-likeness (QED) is 0.598. The zero-order chi connectivity index (χ0) is 20.2. The van der Waals surface area contributed by atoms with E-state index in [4.69, 9.17) is 14.6 Å². The molecule has 1 aliphatic rings. The first-order valence-electron chi connectivity index (χ1n) is 9.90. The van der Waals surface area contributed by atoms with Gasteiger partial charge in [0.05, 0.1) is 19.4 Å². The highest BCUT2D eigenvalue weighted by atomic mass is 19.1. The van der Waals surface area contributed by atoms with Gasteiger partial charge in [0.15, 0.2) is 0 Å². The first-order chi connectivity index (χ1) is 14.2. The number of rotatable bonds is 7. The molecule has 0 saturated carbocycles. The summed E-state index contributed by atoms with van der Waals surface area (Å²) in [6, 6.07) is 15.2. The van der Waals surface area contributed by atoms with Crippen molar-refractivity contribution in [2.45, 2.75) is 25.4 Å². The molecule has 4 rings (SSSR count). The van der Waals surface area contributed by atoms with Gasteiger partial charge in [0.2, 0.25) is 0 Å². The molecule has 2 aromatic carbocycles. The minimum absolute atomic E-state index is 0.334. The van der Waals surface area contributed by atoms with Gasteiger partial charge in [-0.1, -0.05) is 18.2 Å². The number of hydrogen-bond acceptors (Lipinski definition) is 4. The summed E-state index contributed by atoms with van der Waals surface area (Å²) in [5.41, 5.74) is 3.10. The number of likely N-dealkylation sites (tertiary alicyclic amines) is 1. The number of para-hydroxylation sites is 1. The zero-order valence-corrected chi connectivity index (χ0v) is 16.8. The summed E-state index contributed by atoms with van der Waals surface area (Å²) < 4.78 is 27.2. The van der Waals surface area contributed by atoms with Crippen molar-refractivity contribution < 1.29 is 13.9 Å². The van der Waals surface area contributed by atoms with Crippen molar-refractivity contribution in [2.24, 2.45) is 0 Å². The highest BCUT2D eigenvalue weighted by Gasteiger charge is 2.27. The Bertz CT molecular complexity index is 958. The van der Waals surface area contributed by atoms with Crippen LogP contribution in [0.3, 0.4) is 0 Å². The van der Waals surface area contributed by atoms with Gasteiger partial charge in [0.1, 0.15) is 17.3 Å². The lowest BCUT2D eigenvalue weighted by Crippen LogP contribution is -2.32. The van der Waals surface area contributed by atoms with Gasteiger partial charge < -0.3 is 9.47 Å². The third-order valence-electron chi connectivity index (χ3n) is 5.47. The summed E-state index contributed by atoms with van der Waals surface area (Å²) in [6.07, 6.45) is 4.27. The zero-order valence-electron chi connectivity index (χ0n) is 16.8. The molecule has 1 fully saturated rings. The molecule has 1 saturated heterocycles. The maximum absolute atomic E-state index is 14.9. The number of ether oxygens (including phenoxy) is 2. The lowest BCUT2D eigenvalue weighted by Gasteiger charge is -2.23. The minimum Gasteiger partial charge on any atom is -0.497 e. The number of hydrogen-bond donors (Lipinski definition) is 0. The molecule has 0 aliphatic carbocycles. The van der Waals surface area contributed by atoms with Crippen LogP contribution >= 0.6 is 0 Å². The van der Waals surface area contributed by atoms with Gasteiger partial charge in [-0.15, -0.1) is 0 Å².